The summed E-state index contributed by atoms with van der Waals surface area (Å²) in [5.41, 5.74) is 19.8. The van der Waals surface area contributed by atoms with Crippen LogP contribution in [0.4, 0.5) is 11.4 Å². The number of carboxylic acids is 2. The molecule has 0 aliphatic rings. The number of nitrogens with two attached hydrogens (primary N) is 2. The van der Waals surface area contributed by atoms with Crippen molar-refractivity contribution in [2.45, 2.75) is 41.5 Å². The average Bonchev–Trinajstić information content (AvgIpc) is 3.65. The summed E-state index contributed by atoms with van der Waals surface area (Å²) in [4.78, 5) is 48.1. The van der Waals surface area contributed by atoms with E-state index in [1.807, 2.05) is 64.1 Å². The number of carboxylic acid groups (broad SMARTS) is 2. The lowest BCUT2D eigenvalue weighted by Crippen LogP contribution is -2.31. The van der Waals surface area contributed by atoms with Crippen molar-refractivity contribution in [2.75, 3.05) is 10.0 Å². The first-order valence-corrected chi connectivity index (χ1v) is 18.9. The molecule has 4 aromatic carbocycles. The molecule has 0 radical (unpaired) electrons. The minimum absolute atomic E-state index is 0.0444. The van der Waals surface area contributed by atoms with Gasteiger partial charge in [-0.05, 0) is 155 Å². The molecule has 0 saturated carbocycles. The molecule has 6 rings (SSSR count). The Kier molecular flexibility index (Phi) is 13.4. The van der Waals surface area contributed by atoms with E-state index >= 15 is 0 Å². The molecule has 6 aromatic rings. The minimum atomic E-state index is -1.08. The van der Waals surface area contributed by atoms with Gasteiger partial charge in [0.05, 0.1) is 57.4 Å². The molecule has 0 fully saturated rings. The van der Waals surface area contributed by atoms with Gasteiger partial charge in [-0.2, -0.15) is 10.2 Å². The van der Waals surface area contributed by atoms with Crippen molar-refractivity contribution in [3.63, 3.8) is 0 Å². The van der Waals surface area contributed by atoms with E-state index in [1.165, 1.54) is 68.2 Å². The zero-order chi connectivity index (χ0) is 44.0. The summed E-state index contributed by atoms with van der Waals surface area (Å²) in [5.74, 6) is -2.12. The highest BCUT2D eigenvalue weighted by Crippen LogP contribution is 2.19. The van der Waals surface area contributed by atoms with Crippen molar-refractivity contribution >= 4 is 70.4 Å². The molecule has 0 bridgehead atoms. The molecule has 0 aliphatic heterocycles. The summed E-state index contributed by atoms with van der Waals surface area (Å²) in [5, 5.41) is 35.1. The average molecular weight is 847 g/mol. The number of H-pyrrole nitrogens is 2. The van der Waals surface area contributed by atoms with Crippen LogP contribution >= 0.6 is 24.4 Å². The molecule has 0 saturated heterocycles. The second-order valence-corrected chi connectivity index (χ2v) is 14.5. The van der Waals surface area contributed by atoms with E-state index in [0.29, 0.717) is 39.6 Å². The highest BCUT2D eigenvalue weighted by Gasteiger charge is 2.16. The maximum absolute atomic E-state index is 12.9. The predicted octanol–water partition coefficient (Wildman–Crippen LogP) is 5.75. The lowest BCUT2D eigenvalue weighted by molar-refractivity contribution is 0.0686. The van der Waals surface area contributed by atoms with Gasteiger partial charge in [-0.1, -0.05) is 18.2 Å². The van der Waals surface area contributed by atoms with Gasteiger partial charge in [-0.15, -0.1) is 0 Å². The first kappa shape index (κ1) is 43.7. The largest absolute Gasteiger partial charge is 0.478 e. The molecule has 0 amide bonds. The lowest BCUT2D eigenvalue weighted by Gasteiger charge is -2.16. The highest BCUT2D eigenvalue weighted by atomic mass is 32.1. The summed E-state index contributed by atoms with van der Waals surface area (Å²) in [6, 6.07) is 23.4. The monoisotopic (exact) mass is 846 g/mol. The number of aromatic amines is 2. The van der Waals surface area contributed by atoms with E-state index in [4.69, 9.17) is 41.0 Å². The third-order valence-corrected chi connectivity index (χ3v) is 9.80. The molecule has 2 aromatic heterocycles. The number of hydrogen-bond donors (Lipinski definition) is 6. The van der Waals surface area contributed by atoms with Gasteiger partial charge >= 0.3 is 11.9 Å². The van der Waals surface area contributed by atoms with Crippen molar-refractivity contribution in [1.82, 2.24) is 19.6 Å². The maximum atomic E-state index is 12.9. The summed E-state index contributed by atoms with van der Waals surface area (Å²) in [6.45, 7) is 11.5. The van der Waals surface area contributed by atoms with Crippen molar-refractivity contribution in [3.05, 3.63) is 162 Å². The number of thiocarbonyl (C=S) groups is 2. The van der Waals surface area contributed by atoms with Crippen LogP contribution in [0.2, 0.25) is 0 Å². The Balaban J connectivity index is 0.000000228. The number of aryl methyl sites for hydroxylation is 6. The number of aromatic carboxylic acids is 2. The Labute approximate surface area is 354 Å². The van der Waals surface area contributed by atoms with Crippen LogP contribution in [0.1, 0.15) is 65.5 Å². The highest BCUT2D eigenvalue weighted by molar-refractivity contribution is 7.80. The Morgan fingerprint density at radius 2 is 1.03 bits per heavy atom. The molecule has 0 unspecified atom stereocenters. The van der Waals surface area contributed by atoms with Crippen molar-refractivity contribution in [2.24, 2.45) is 21.7 Å². The number of hydrogen-bond acceptors (Lipinski definition) is 8. The third kappa shape index (κ3) is 9.80. The van der Waals surface area contributed by atoms with Crippen LogP contribution < -0.4 is 32.6 Å². The predicted molar refractivity (Wildman–Crippen MR) is 242 cm³/mol. The van der Waals surface area contributed by atoms with Crippen LogP contribution in [0, 0.1) is 41.5 Å². The van der Waals surface area contributed by atoms with Crippen LogP contribution in [0.5, 0.6) is 0 Å². The SMILES string of the molecule is Cc1ccc(-n2[nH]c(C)c(C=NN(C(N)=S)c3ccc(C(=O)O)cc3)c2=O)cc1C.Cc1ccc(-n2[nH]c(C)c(C=NN(C(N)=S)c3cccc(C(=O)O)c3)c2=O)cc1C. The molecule has 18 heteroatoms. The fraction of sp³-hybridized carbons (Fsp3) is 0.143. The van der Waals surface area contributed by atoms with E-state index in [0.717, 1.165) is 27.9 Å². The summed E-state index contributed by atoms with van der Waals surface area (Å²) in [6.07, 6.45) is 2.74. The number of nitrogens with one attached hydrogen (secondary N) is 2. The number of hydrazone groups is 2. The van der Waals surface area contributed by atoms with Gasteiger partial charge in [0.15, 0.2) is 10.2 Å². The zero-order valence-corrected chi connectivity index (χ0v) is 35.1. The van der Waals surface area contributed by atoms with E-state index in [2.05, 4.69) is 20.4 Å². The number of nitrogens with zero attached hydrogens (tertiary/aromatic N) is 6. The summed E-state index contributed by atoms with van der Waals surface area (Å²) >= 11 is 10.1. The van der Waals surface area contributed by atoms with Gasteiger partial charge < -0.3 is 21.7 Å². The van der Waals surface area contributed by atoms with Gasteiger partial charge in [0.25, 0.3) is 11.1 Å². The number of benzene rings is 4. The van der Waals surface area contributed by atoms with Crippen LogP contribution in [0.3, 0.4) is 0 Å². The first-order chi connectivity index (χ1) is 28.4. The van der Waals surface area contributed by atoms with Crippen LogP contribution in [-0.2, 0) is 0 Å². The molecule has 308 valence electrons. The van der Waals surface area contributed by atoms with E-state index in [1.54, 1.807) is 26.0 Å². The third-order valence-electron chi connectivity index (χ3n) is 9.45. The van der Waals surface area contributed by atoms with Crippen molar-refractivity contribution in [3.8, 4) is 11.4 Å². The summed E-state index contributed by atoms with van der Waals surface area (Å²) in [7, 11) is 0. The van der Waals surface area contributed by atoms with E-state index in [9.17, 15) is 24.3 Å². The van der Waals surface area contributed by atoms with Gasteiger partial charge in [-0.3, -0.25) is 19.8 Å². The van der Waals surface area contributed by atoms with Gasteiger partial charge in [-0.25, -0.2) is 29.0 Å². The molecule has 0 spiro atoms. The molecule has 16 nitrogen and oxygen atoms in total. The molecular formula is C42H42N10O6S2. The minimum Gasteiger partial charge on any atom is -0.478 e. The number of carbonyl (C=O) groups is 2. The summed E-state index contributed by atoms with van der Waals surface area (Å²) < 4.78 is 2.90. The lowest BCUT2D eigenvalue weighted by atomic mass is 10.1. The van der Waals surface area contributed by atoms with Gasteiger partial charge in [0.2, 0.25) is 0 Å². The second-order valence-electron chi connectivity index (χ2n) is 13.6. The molecule has 0 atom stereocenters. The fourth-order valence-corrected chi connectivity index (χ4v) is 6.07. The Hall–Kier alpha value is -7.44. The van der Waals surface area contributed by atoms with E-state index < -0.39 is 11.9 Å². The first-order valence-electron chi connectivity index (χ1n) is 18.1. The van der Waals surface area contributed by atoms with Gasteiger partial charge in [0, 0.05) is 11.4 Å². The molecule has 8 N–H and O–H groups in total. The van der Waals surface area contributed by atoms with Crippen LogP contribution in [0.25, 0.3) is 11.4 Å². The van der Waals surface area contributed by atoms with Gasteiger partial charge in [0.1, 0.15) is 0 Å². The normalized spacial score (nSPS) is 11.0. The number of rotatable bonds is 10. The molecule has 60 heavy (non-hydrogen) atoms. The standard InChI is InChI=1S/2C21H21N5O3S/c1-12-4-7-17(10-13(12)2)25-19(27)18(14(3)24-25)11-23-26(21(22)30)16-8-5-15(6-9-16)20(28)29;1-12-7-8-17(9-13(12)2)25-19(27)18(14(3)24-25)11-23-26(21(22)30)16-6-4-5-15(10-16)20(28)29/h2*4-11,24H,1-3H3,(H2,22,30)(H,28,29). The number of anilines is 2. The molecular weight excluding hydrogens is 805 g/mol. The Morgan fingerprint density at radius 3 is 1.43 bits per heavy atom. The van der Waals surface area contributed by atoms with Crippen LogP contribution in [-0.4, -0.2) is 64.4 Å². The smallest absolute Gasteiger partial charge is 0.335 e. The molecule has 2 heterocycles. The topological polar surface area (TPSA) is 233 Å². The van der Waals surface area contributed by atoms with Crippen molar-refractivity contribution in [1.29, 1.82) is 0 Å². The number of aromatic nitrogens is 4. The van der Waals surface area contributed by atoms with Crippen molar-refractivity contribution < 1.29 is 19.8 Å². The maximum Gasteiger partial charge on any atom is 0.335 e. The Morgan fingerprint density at radius 1 is 0.600 bits per heavy atom. The fourth-order valence-electron chi connectivity index (χ4n) is 5.76. The quantitative estimate of drug-likeness (QED) is 0.0550. The van der Waals surface area contributed by atoms with E-state index in [-0.39, 0.29) is 32.5 Å². The van der Waals surface area contributed by atoms with Crippen LogP contribution in [0.15, 0.2) is 105 Å². The molecule has 0 aliphatic carbocycles. The Bertz CT molecular complexity index is 2820. The second kappa shape index (κ2) is 18.4. The zero-order valence-electron chi connectivity index (χ0n) is 33.4.